The van der Waals surface area contributed by atoms with Gasteiger partial charge in [0.15, 0.2) is 0 Å². The second-order valence-corrected chi connectivity index (χ2v) is 4.43. The number of rotatable bonds is 4. The summed E-state index contributed by atoms with van der Waals surface area (Å²) in [6.07, 6.45) is 0. The molecule has 3 nitrogen and oxygen atoms in total. The van der Waals surface area contributed by atoms with Gasteiger partial charge in [0, 0.05) is 11.4 Å². The van der Waals surface area contributed by atoms with Crippen LogP contribution in [0.5, 0.6) is 0 Å². The van der Waals surface area contributed by atoms with Crippen LogP contribution in [0.2, 0.25) is 0 Å². The van der Waals surface area contributed by atoms with E-state index in [0.29, 0.717) is 6.54 Å². The summed E-state index contributed by atoms with van der Waals surface area (Å²) in [6.45, 7) is 2.31. The molecule has 0 bridgehead atoms. The Balaban J connectivity index is 2.71. The minimum atomic E-state index is -0.298. The molecular weight excluding hydrogens is 196 g/mol. The number of hydrogen-bond donors (Lipinski definition) is 2. The molecule has 0 aromatic heterocycles. The highest BCUT2D eigenvalue weighted by atomic mass is 32.2. The van der Waals surface area contributed by atoms with Gasteiger partial charge in [-0.1, -0.05) is 12.1 Å². The van der Waals surface area contributed by atoms with E-state index in [1.807, 2.05) is 24.3 Å². The van der Waals surface area contributed by atoms with E-state index in [9.17, 15) is 4.79 Å². The Hall–Kier alpha value is -1.00. The van der Waals surface area contributed by atoms with Crippen LogP contribution < -0.4 is 11.5 Å². The smallest absolute Gasteiger partial charge is 0.230 e. The fourth-order valence-corrected chi connectivity index (χ4v) is 1.91. The van der Waals surface area contributed by atoms with E-state index in [0.717, 1.165) is 10.5 Å². The zero-order valence-electron chi connectivity index (χ0n) is 8.07. The normalized spacial score (nSPS) is 12.4. The molecule has 0 fully saturated rings. The Labute approximate surface area is 87.9 Å². The lowest BCUT2D eigenvalue weighted by Gasteiger charge is -2.07. The number of thioether (sulfide) groups is 1. The average molecular weight is 210 g/mol. The molecule has 1 aromatic rings. The van der Waals surface area contributed by atoms with Gasteiger partial charge in [0.25, 0.3) is 0 Å². The topological polar surface area (TPSA) is 69.1 Å². The van der Waals surface area contributed by atoms with Crippen molar-refractivity contribution in [2.24, 2.45) is 11.5 Å². The van der Waals surface area contributed by atoms with Gasteiger partial charge >= 0.3 is 0 Å². The van der Waals surface area contributed by atoms with Crippen LogP contribution in [0.1, 0.15) is 12.5 Å². The standard InChI is InChI=1S/C10H14N2OS/c1-7(10(12)13)14-9-4-2-3-8(5-9)6-11/h2-5,7H,6,11H2,1H3,(H2,12,13). The number of hydrogen-bond acceptors (Lipinski definition) is 3. The third kappa shape index (κ3) is 3.05. The summed E-state index contributed by atoms with van der Waals surface area (Å²) in [6, 6.07) is 7.81. The first kappa shape index (κ1) is 11.1. The van der Waals surface area contributed by atoms with E-state index >= 15 is 0 Å². The Morgan fingerprint density at radius 1 is 1.57 bits per heavy atom. The van der Waals surface area contributed by atoms with Gasteiger partial charge in [-0.3, -0.25) is 4.79 Å². The largest absolute Gasteiger partial charge is 0.369 e. The van der Waals surface area contributed by atoms with Crippen LogP contribution in [-0.2, 0) is 11.3 Å². The molecule has 76 valence electrons. The van der Waals surface area contributed by atoms with Crippen LogP contribution in [0, 0.1) is 0 Å². The Morgan fingerprint density at radius 2 is 2.29 bits per heavy atom. The second kappa shape index (κ2) is 5.02. The lowest BCUT2D eigenvalue weighted by molar-refractivity contribution is -0.117. The summed E-state index contributed by atoms with van der Waals surface area (Å²) in [5.74, 6) is -0.298. The number of amides is 1. The molecule has 1 atom stereocenters. The minimum absolute atomic E-state index is 0.206. The van der Waals surface area contributed by atoms with Crippen LogP contribution in [0.3, 0.4) is 0 Å². The zero-order valence-corrected chi connectivity index (χ0v) is 8.88. The summed E-state index contributed by atoms with van der Waals surface area (Å²) >= 11 is 1.45. The molecule has 0 spiro atoms. The number of carbonyl (C=O) groups excluding carboxylic acids is 1. The van der Waals surface area contributed by atoms with Gasteiger partial charge in [0.2, 0.25) is 5.91 Å². The molecule has 0 aliphatic rings. The number of nitrogens with two attached hydrogens (primary N) is 2. The van der Waals surface area contributed by atoms with E-state index < -0.39 is 0 Å². The summed E-state index contributed by atoms with van der Waals surface area (Å²) < 4.78 is 0. The summed E-state index contributed by atoms with van der Waals surface area (Å²) in [4.78, 5) is 11.9. The molecule has 4 N–H and O–H groups in total. The first-order valence-corrected chi connectivity index (χ1v) is 5.26. The van der Waals surface area contributed by atoms with Gasteiger partial charge in [0.1, 0.15) is 0 Å². The van der Waals surface area contributed by atoms with E-state index in [1.165, 1.54) is 11.8 Å². The van der Waals surface area contributed by atoms with Crippen molar-refractivity contribution in [1.29, 1.82) is 0 Å². The Morgan fingerprint density at radius 3 is 2.86 bits per heavy atom. The van der Waals surface area contributed by atoms with Crippen LogP contribution in [-0.4, -0.2) is 11.2 Å². The number of primary amides is 1. The first-order chi connectivity index (χ1) is 6.63. The molecule has 0 radical (unpaired) electrons. The summed E-state index contributed by atoms with van der Waals surface area (Å²) in [5, 5.41) is -0.206. The third-order valence-corrected chi connectivity index (χ3v) is 2.96. The highest BCUT2D eigenvalue weighted by molar-refractivity contribution is 8.00. The molecule has 0 saturated heterocycles. The van der Waals surface area contributed by atoms with E-state index in [1.54, 1.807) is 6.92 Å². The van der Waals surface area contributed by atoms with E-state index in [2.05, 4.69) is 0 Å². The van der Waals surface area contributed by atoms with Gasteiger partial charge < -0.3 is 11.5 Å². The third-order valence-electron chi connectivity index (χ3n) is 1.85. The first-order valence-electron chi connectivity index (χ1n) is 4.38. The molecule has 1 unspecified atom stereocenters. The molecule has 1 rings (SSSR count). The maximum absolute atomic E-state index is 10.8. The lowest BCUT2D eigenvalue weighted by Crippen LogP contribution is -2.22. The summed E-state index contributed by atoms with van der Waals surface area (Å²) in [5.41, 5.74) is 11.7. The fraction of sp³-hybridized carbons (Fsp3) is 0.300. The van der Waals surface area contributed by atoms with Gasteiger partial charge in [-0.25, -0.2) is 0 Å². The fourth-order valence-electron chi connectivity index (χ4n) is 1.01. The van der Waals surface area contributed by atoms with Crippen LogP contribution in [0.15, 0.2) is 29.2 Å². The monoisotopic (exact) mass is 210 g/mol. The lowest BCUT2D eigenvalue weighted by atomic mass is 10.2. The molecule has 4 heteroatoms. The van der Waals surface area contributed by atoms with Crippen molar-refractivity contribution < 1.29 is 4.79 Å². The molecule has 1 aromatic carbocycles. The van der Waals surface area contributed by atoms with Crippen LogP contribution in [0.25, 0.3) is 0 Å². The Kier molecular flexibility index (Phi) is 3.98. The minimum Gasteiger partial charge on any atom is -0.369 e. The predicted molar refractivity (Wildman–Crippen MR) is 58.8 cm³/mol. The predicted octanol–water partition coefficient (Wildman–Crippen LogP) is 1.11. The molecule has 0 heterocycles. The molecule has 1 amide bonds. The molecule has 14 heavy (non-hydrogen) atoms. The summed E-state index contributed by atoms with van der Waals surface area (Å²) in [7, 11) is 0. The highest BCUT2D eigenvalue weighted by Crippen LogP contribution is 2.23. The van der Waals surface area contributed by atoms with Crippen molar-refractivity contribution in [3.8, 4) is 0 Å². The van der Waals surface area contributed by atoms with Crippen molar-refractivity contribution in [3.05, 3.63) is 29.8 Å². The second-order valence-electron chi connectivity index (χ2n) is 3.01. The van der Waals surface area contributed by atoms with Crippen molar-refractivity contribution >= 4 is 17.7 Å². The maximum Gasteiger partial charge on any atom is 0.230 e. The van der Waals surface area contributed by atoms with Gasteiger partial charge in [-0.2, -0.15) is 0 Å². The Bertz CT molecular complexity index is 328. The van der Waals surface area contributed by atoms with Crippen molar-refractivity contribution in [3.63, 3.8) is 0 Å². The van der Waals surface area contributed by atoms with Gasteiger partial charge in [0.05, 0.1) is 5.25 Å². The van der Waals surface area contributed by atoms with Crippen molar-refractivity contribution in [2.75, 3.05) is 0 Å². The van der Waals surface area contributed by atoms with Crippen molar-refractivity contribution in [2.45, 2.75) is 23.6 Å². The molecular formula is C10H14N2OS. The van der Waals surface area contributed by atoms with E-state index in [4.69, 9.17) is 11.5 Å². The molecule has 0 saturated carbocycles. The van der Waals surface area contributed by atoms with Gasteiger partial charge in [-0.05, 0) is 24.6 Å². The average Bonchev–Trinajstić information content (AvgIpc) is 2.18. The number of carbonyl (C=O) groups is 1. The quantitative estimate of drug-likeness (QED) is 0.731. The molecule has 0 aliphatic heterocycles. The molecule has 0 aliphatic carbocycles. The number of benzene rings is 1. The maximum atomic E-state index is 10.8. The van der Waals surface area contributed by atoms with Gasteiger partial charge in [-0.15, -0.1) is 11.8 Å². The highest BCUT2D eigenvalue weighted by Gasteiger charge is 2.09. The van der Waals surface area contributed by atoms with Crippen LogP contribution >= 0.6 is 11.8 Å². The van der Waals surface area contributed by atoms with E-state index in [-0.39, 0.29) is 11.2 Å². The van der Waals surface area contributed by atoms with Crippen molar-refractivity contribution in [1.82, 2.24) is 0 Å². The van der Waals surface area contributed by atoms with Crippen LogP contribution in [0.4, 0.5) is 0 Å². The zero-order chi connectivity index (χ0) is 10.6. The SMILES string of the molecule is CC(Sc1cccc(CN)c1)C(N)=O.